The second-order valence-electron chi connectivity index (χ2n) is 7.55. The first kappa shape index (κ1) is 22.6. The summed E-state index contributed by atoms with van der Waals surface area (Å²) < 4.78 is 0. The van der Waals surface area contributed by atoms with Gasteiger partial charge in [0.15, 0.2) is 11.6 Å². The monoisotopic (exact) mass is 450 g/mol. The van der Waals surface area contributed by atoms with Crippen molar-refractivity contribution in [2.24, 2.45) is 5.92 Å². The molecule has 0 radical (unpaired) electrons. The van der Waals surface area contributed by atoms with Crippen molar-refractivity contribution in [3.8, 4) is 12.1 Å². The maximum Gasteiger partial charge on any atom is 0.270 e. The molecule has 1 unspecified atom stereocenters. The molecule has 6 heteroatoms. The summed E-state index contributed by atoms with van der Waals surface area (Å²) in [5.74, 6) is -1.24. The van der Waals surface area contributed by atoms with Gasteiger partial charge in [-0.3, -0.25) is 9.59 Å². The lowest BCUT2D eigenvalue weighted by Crippen LogP contribution is -2.05. The third-order valence-electron chi connectivity index (χ3n) is 5.75. The molecule has 2 aliphatic rings. The maximum atomic E-state index is 12.9. The zero-order chi connectivity index (χ0) is 24.9. The van der Waals surface area contributed by atoms with E-state index in [1.165, 1.54) is 6.08 Å². The number of allylic oxidation sites excluding steroid dienone is 10. The topological polar surface area (TPSA) is 90.4 Å². The number of Topliss-reactive ketones (excluding diaryl/α,β-unsaturated/α-hetero) is 2. The largest absolute Gasteiger partial charge is 0.293 e. The van der Waals surface area contributed by atoms with Gasteiger partial charge in [-0.05, 0) is 16.7 Å². The standard InChI is InChI=1S/C29H14N4O2/c1-32-24(16-30)26-18-10-6-8-12-20(18)28(34)22(26)14-4-3-5-15-23-27(25(17-31)33-2)19-11-7-9-13-21(19)29(23)35/h3-15,22H. The summed E-state index contributed by atoms with van der Waals surface area (Å²) in [4.78, 5) is 32.4. The quantitative estimate of drug-likeness (QED) is 0.258. The average Bonchev–Trinajstić information content (AvgIpc) is 3.33. The van der Waals surface area contributed by atoms with Crippen molar-refractivity contribution in [1.29, 1.82) is 10.5 Å². The third-order valence-corrected chi connectivity index (χ3v) is 5.75. The van der Waals surface area contributed by atoms with Crippen LogP contribution in [0.2, 0.25) is 0 Å². The van der Waals surface area contributed by atoms with E-state index in [4.69, 9.17) is 13.1 Å². The minimum Gasteiger partial charge on any atom is -0.293 e. The van der Waals surface area contributed by atoms with Crippen molar-refractivity contribution < 1.29 is 9.59 Å². The van der Waals surface area contributed by atoms with E-state index in [2.05, 4.69) is 9.69 Å². The normalized spacial score (nSPS) is 20.2. The highest BCUT2D eigenvalue weighted by Gasteiger charge is 2.35. The zero-order valence-electron chi connectivity index (χ0n) is 18.2. The summed E-state index contributed by atoms with van der Waals surface area (Å²) >= 11 is 0. The number of benzene rings is 2. The van der Waals surface area contributed by atoms with Gasteiger partial charge in [0.05, 0.1) is 31.2 Å². The minimum atomic E-state index is -0.770. The molecule has 0 amide bonds. The van der Waals surface area contributed by atoms with Crippen LogP contribution in [0.15, 0.2) is 95.9 Å². The molecule has 2 aliphatic carbocycles. The molecule has 0 fully saturated rings. The number of fused-ring (bicyclic) bond motifs is 2. The van der Waals surface area contributed by atoms with Crippen molar-refractivity contribution in [2.75, 3.05) is 0 Å². The number of nitriles is 2. The molecule has 4 rings (SSSR count). The van der Waals surface area contributed by atoms with Crippen LogP contribution in [0, 0.1) is 41.7 Å². The predicted molar refractivity (Wildman–Crippen MR) is 130 cm³/mol. The molecule has 6 nitrogen and oxygen atoms in total. The minimum absolute atomic E-state index is 0.128. The van der Waals surface area contributed by atoms with Gasteiger partial charge in [-0.1, -0.05) is 78.9 Å². The molecular formula is C29H14N4O2. The number of nitrogens with zero attached hydrogens (tertiary/aromatic N) is 4. The maximum absolute atomic E-state index is 12.9. The van der Waals surface area contributed by atoms with Gasteiger partial charge in [-0.25, -0.2) is 20.2 Å². The Labute approximate surface area is 202 Å². The van der Waals surface area contributed by atoms with E-state index in [9.17, 15) is 20.1 Å². The number of ketones is 2. The van der Waals surface area contributed by atoms with E-state index in [0.717, 1.165) is 0 Å². The van der Waals surface area contributed by atoms with Crippen LogP contribution in [-0.4, -0.2) is 11.6 Å². The molecule has 0 heterocycles. The van der Waals surface area contributed by atoms with Crippen molar-refractivity contribution in [1.82, 2.24) is 0 Å². The van der Waals surface area contributed by atoms with Crippen molar-refractivity contribution in [3.63, 3.8) is 0 Å². The summed E-state index contributed by atoms with van der Waals surface area (Å²) in [5, 5.41) is 18.8. The molecule has 35 heavy (non-hydrogen) atoms. The molecule has 0 spiro atoms. The summed E-state index contributed by atoms with van der Waals surface area (Å²) in [7, 11) is 0. The molecule has 0 aliphatic heterocycles. The van der Waals surface area contributed by atoms with Crippen LogP contribution in [0.4, 0.5) is 0 Å². The lowest BCUT2D eigenvalue weighted by molar-refractivity contribution is 0.0975. The number of hydrogen-bond acceptors (Lipinski definition) is 4. The Morgan fingerprint density at radius 3 is 2.03 bits per heavy atom. The Morgan fingerprint density at radius 2 is 1.40 bits per heavy atom. The van der Waals surface area contributed by atoms with Gasteiger partial charge in [0.1, 0.15) is 0 Å². The van der Waals surface area contributed by atoms with E-state index in [1.807, 2.05) is 12.1 Å². The first-order chi connectivity index (χ1) is 17.1. The number of carbonyl (C=O) groups excluding carboxylic acids is 2. The van der Waals surface area contributed by atoms with Gasteiger partial charge in [-0.2, -0.15) is 0 Å². The second kappa shape index (κ2) is 9.51. The van der Waals surface area contributed by atoms with Gasteiger partial charge in [0.2, 0.25) is 0 Å². The van der Waals surface area contributed by atoms with Crippen LogP contribution < -0.4 is 0 Å². The van der Waals surface area contributed by atoms with Gasteiger partial charge in [0.25, 0.3) is 11.4 Å². The first-order valence-corrected chi connectivity index (χ1v) is 10.4. The van der Waals surface area contributed by atoms with E-state index >= 15 is 0 Å². The first-order valence-electron chi connectivity index (χ1n) is 10.4. The highest BCUT2D eigenvalue weighted by Crippen LogP contribution is 2.41. The summed E-state index contributed by atoms with van der Waals surface area (Å²) in [6.07, 6.45) is 7.96. The Balaban J connectivity index is 1.68. The van der Waals surface area contributed by atoms with Crippen LogP contribution in [-0.2, 0) is 0 Å². The Morgan fingerprint density at radius 1 is 0.800 bits per heavy atom. The van der Waals surface area contributed by atoms with Gasteiger partial charge in [0, 0.05) is 22.3 Å². The van der Waals surface area contributed by atoms with E-state index in [0.29, 0.717) is 33.4 Å². The molecule has 0 saturated heterocycles. The Hall–Kier alpha value is -5.56. The Bertz CT molecular complexity index is 1590. The summed E-state index contributed by atoms with van der Waals surface area (Å²) in [6.45, 7) is 14.6. The fourth-order valence-electron chi connectivity index (χ4n) is 4.25. The molecule has 0 saturated carbocycles. The van der Waals surface area contributed by atoms with Crippen LogP contribution in [0.3, 0.4) is 0 Å². The molecular weight excluding hydrogens is 436 g/mol. The number of carbonyl (C=O) groups is 2. The third kappa shape index (κ3) is 3.79. The fourth-order valence-corrected chi connectivity index (χ4v) is 4.25. The van der Waals surface area contributed by atoms with Crippen LogP contribution >= 0.6 is 0 Å². The van der Waals surface area contributed by atoms with E-state index in [-0.39, 0.29) is 28.5 Å². The van der Waals surface area contributed by atoms with Crippen molar-refractivity contribution in [2.45, 2.75) is 0 Å². The highest BCUT2D eigenvalue weighted by atomic mass is 16.1. The predicted octanol–water partition coefficient (Wildman–Crippen LogP) is 5.74. The molecule has 0 aromatic heterocycles. The second-order valence-corrected chi connectivity index (χ2v) is 7.55. The van der Waals surface area contributed by atoms with Gasteiger partial charge < -0.3 is 0 Å². The number of rotatable bonds is 3. The molecule has 2 aromatic rings. The number of hydrogen-bond donors (Lipinski definition) is 0. The SMILES string of the molecule is [C-]#[N+]C(C#N)=C1C(=CC=CC=CC2C(=O)c3ccccc3C2=C(C#N)[N+]#[C-])C(=O)c2ccccc21. The smallest absolute Gasteiger partial charge is 0.270 e. The molecule has 1 atom stereocenters. The lowest BCUT2D eigenvalue weighted by Gasteiger charge is -2.06. The van der Waals surface area contributed by atoms with E-state index < -0.39 is 5.92 Å². The molecule has 162 valence electrons. The summed E-state index contributed by atoms with van der Waals surface area (Å²) in [5.41, 5.74) is 2.67. The molecule has 0 bridgehead atoms. The van der Waals surface area contributed by atoms with Crippen LogP contribution in [0.25, 0.3) is 20.8 Å². The van der Waals surface area contributed by atoms with Crippen molar-refractivity contribution >= 4 is 22.7 Å². The van der Waals surface area contributed by atoms with Gasteiger partial charge >= 0.3 is 0 Å². The molecule has 0 N–H and O–H groups in total. The highest BCUT2D eigenvalue weighted by molar-refractivity contribution is 6.27. The lowest BCUT2D eigenvalue weighted by atomic mass is 9.96. The van der Waals surface area contributed by atoms with Crippen LogP contribution in [0.1, 0.15) is 31.8 Å². The Kier molecular flexibility index (Phi) is 6.15. The van der Waals surface area contributed by atoms with Crippen molar-refractivity contribution in [3.05, 3.63) is 141 Å². The average molecular weight is 450 g/mol. The van der Waals surface area contributed by atoms with Crippen LogP contribution in [0.5, 0.6) is 0 Å². The van der Waals surface area contributed by atoms with Gasteiger partial charge in [-0.15, -0.1) is 0 Å². The molecule has 2 aromatic carbocycles. The fraction of sp³-hybridized carbons (Fsp3) is 0.0345. The summed E-state index contributed by atoms with van der Waals surface area (Å²) in [6, 6.07) is 17.5. The zero-order valence-corrected chi connectivity index (χ0v) is 18.2. The van der Waals surface area contributed by atoms with E-state index in [1.54, 1.807) is 72.8 Å².